The minimum atomic E-state index is 0.510. The Kier molecular flexibility index (Phi) is 6.19. The summed E-state index contributed by atoms with van der Waals surface area (Å²) in [5, 5.41) is 41.9. The van der Waals surface area contributed by atoms with Crippen LogP contribution >= 0.6 is 0 Å². The summed E-state index contributed by atoms with van der Waals surface area (Å²) in [6.45, 7) is 2.09. The highest BCUT2D eigenvalue weighted by Gasteiger charge is 2.27. The third-order valence-corrected chi connectivity index (χ3v) is 12.5. The van der Waals surface area contributed by atoms with Gasteiger partial charge in [-0.25, -0.2) is 0 Å². The molecule has 258 valence electrons. The smallest absolute Gasteiger partial charge is 0.0998 e. The molecule has 3 nitrogen and oxygen atoms in total. The topological polar surface area (TPSA) is 71.4 Å². The highest BCUT2D eigenvalue weighted by molar-refractivity contribution is 6.29. The minimum absolute atomic E-state index is 0.510. The summed E-state index contributed by atoms with van der Waals surface area (Å²) < 4.78 is 0. The molecule has 0 fully saturated rings. The minimum Gasteiger partial charge on any atom is -0.192 e. The molecule has 0 radical (unpaired) electrons. The predicted molar refractivity (Wildman–Crippen MR) is 233 cm³/mol. The molecule has 57 heavy (non-hydrogen) atoms. The molecule has 2 aliphatic carbocycles. The maximum atomic E-state index is 10.5. The van der Waals surface area contributed by atoms with E-state index in [0.29, 0.717) is 16.7 Å². The van der Waals surface area contributed by atoms with Gasteiger partial charge >= 0.3 is 0 Å². The third kappa shape index (κ3) is 4.17. The Morgan fingerprint density at radius 2 is 0.719 bits per heavy atom. The number of aryl methyl sites for hydroxylation is 1. The Balaban J connectivity index is 1.29. The van der Waals surface area contributed by atoms with Gasteiger partial charge in [-0.3, -0.25) is 0 Å². The standard InChI is InChI=1S/C54H27N3/c1-29-18-30(26-55)15-17-35(29)41-20-49-51-24-45-39-13-5-9-33-7-3-11-37(54(33)39)43(45)22-48(51)46(40-19-31(27-56)14-16-34(40)28-57)25-52(49)50-23-44-38-12-4-8-32-6-2-10-36(53(32)38)42(44)21-47(41)50/h2-25H,1H3. The Bertz CT molecular complexity index is 3670. The molecular weight excluding hydrogens is 691 g/mol. The average Bonchev–Trinajstić information content (AvgIpc) is 3.75. The molecule has 0 bridgehead atoms. The monoisotopic (exact) mass is 717 g/mol. The first kappa shape index (κ1) is 31.3. The van der Waals surface area contributed by atoms with E-state index < -0.39 is 0 Å². The number of nitrogens with zero attached hydrogens (tertiary/aromatic N) is 3. The van der Waals surface area contributed by atoms with Crippen molar-refractivity contribution in [2.75, 3.05) is 0 Å². The van der Waals surface area contributed by atoms with Crippen LogP contribution in [-0.2, 0) is 0 Å². The van der Waals surface area contributed by atoms with Crippen molar-refractivity contribution in [3.8, 4) is 85.0 Å². The number of hydrogen-bond acceptors (Lipinski definition) is 3. The highest BCUT2D eigenvalue weighted by atomic mass is 14.3. The molecule has 0 amide bonds. The molecule has 3 heteroatoms. The number of fused-ring (bicyclic) bond motifs is 11. The van der Waals surface area contributed by atoms with Crippen molar-refractivity contribution in [1.29, 1.82) is 15.8 Å². The van der Waals surface area contributed by atoms with Gasteiger partial charge < -0.3 is 0 Å². The number of rotatable bonds is 2. The predicted octanol–water partition coefficient (Wildman–Crippen LogP) is 14.0. The quantitative estimate of drug-likeness (QED) is 0.167. The molecule has 0 aromatic heterocycles. The number of nitriles is 3. The van der Waals surface area contributed by atoms with Crippen molar-refractivity contribution in [2.24, 2.45) is 0 Å². The number of benzene rings is 10. The molecule has 10 aromatic carbocycles. The first-order chi connectivity index (χ1) is 28.0. The van der Waals surface area contributed by atoms with Crippen LogP contribution in [0.4, 0.5) is 0 Å². The van der Waals surface area contributed by atoms with Gasteiger partial charge in [-0.05, 0) is 194 Å². The van der Waals surface area contributed by atoms with E-state index in [4.69, 9.17) is 0 Å². The van der Waals surface area contributed by atoms with E-state index in [0.717, 1.165) is 65.7 Å². The molecule has 0 heterocycles. The SMILES string of the molecule is Cc1cc(C#N)ccc1-c1cc2c3cc4c(cc3c(-c3cc(C#N)ccc3C#N)cc2c2cc3c(cc12)-c1cccc2cccc-3c12)-c1cccc2cccc-4c12. The van der Waals surface area contributed by atoms with Crippen LogP contribution in [0.3, 0.4) is 0 Å². The first-order valence-corrected chi connectivity index (χ1v) is 19.1. The Morgan fingerprint density at radius 1 is 0.316 bits per heavy atom. The molecule has 0 spiro atoms. The number of hydrogen-bond donors (Lipinski definition) is 0. The van der Waals surface area contributed by atoms with E-state index in [1.165, 1.54) is 60.5 Å². The Morgan fingerprint density at radius 3 is 1.18 bits per heavy atom. The van der Waals surface area contributed by atoms with Gasteiger partial charge in [-0.1, -0.05) is 78.9 Å². The Hall–Kier alpha value is -8.03. The fourth-order valence-electron chi connectivity index (χ4n) is 10.0. The second kappa shape index (κ2) is 11.3. The van der Waals surface area contributed by atoms with Crippen LogP contribution in [0.2, 0.25) is 0 Å². The van der Waals surface area contributed by atoms with Gasteiger partial charge in [0.1, 0.15) is 0 Å². The van der Waals surface area contributed by atoms with Crippen molar-refractivity contribution < 1.29 is 0 Å². The lowest BCUT2D eigenvalue weighted by molar-refractivity contribution is 1.42. The lowest BCUT2D eigenvalue weighted by Crippen LogP contribution is -1.94. The van der Waals surface area contributed by atoms with Crippen molar-refractivity contribution in [3.63, 3.8) is 0 Å². The van der Waals surface area contributed by atoms with Crippen LogP contribution in [-0.4, -0.2) is 0 Å². The second-order valence-electron chi connectivity index (χ2n) is 15.4. The first-order valence-electron chi connectivity index (χ1n) is 19.1. The third-order valence-electron chi connectivity index (χ3n) is 12.5. The van der Waals surface area contributed by atoms with Gasteiger partial charge in [0, 0.05) is 5.56 Å². The molecule has 0 unspecified atom stereocenters. The van der Waals surface area contributed by atoms with E-state index in [1.54, 1.807) is 12.1 Å². The van der Waals surface area contributed by atoms with Crippen LogP contribution in [0, 0.1) is 40.9 Å². The molecule has 0 N–H and O–H groups in total. The van der Waals surface area contributed by atoms with Gasteiger partial charge in [-0.2, -0.15) is 15.8 Å². The maximum Gasteiger partial charge on any atom is 0.0998 e. The fourth-order valence-corrected chi connectivity index (χ4v) is 10.0. The summed E-state index contributed by atoms with van der Waals surface area (Å²) in [5.41, 5.74) is 16.2. The summed E-state index contributed by atoms with van der Waals surface area (Å²) in [6, 6.07) is 58.7. The molecule has 2 aliphatic rings. The normalized spacial score (nSPS) is 11.9. The Labute approximate surface area is 328 Å². The van der Waals surface area contributed by atoms with Gasteiger partial charge in [-0.15, -0.1) is 0 Å². The molecular formula is C54H27N3. The van der Waals surface area contributed by atoms with E-state index in [1.807, 2.05) is 18.2 Å². The van der Waals surface area contributed by atoms with Crippen molar-refractivity contribution >= 4 is 53.9 Å². The molecule has 0 saturated carbocycles. The molecule has 10 aromatic rings. The molecule has 0 saturated heterocycles. The van der Waals surface area contributed by atoms with E-state index in [-0.39, 0.29) is 0 Å². The molecule has 0 aliphatic heterocycles. The van der Waals surface area contributed by atoms with E-state index >= 15 is 0 Å². The zero-order chi connectivity index (χ0) is 38.1. The molecule has 0 atom stereocenters. The summed E-state index contributed by atoms with van der Waals surface area (Å²) in [4.78, 5) is 0. The summed E-state index contributed by atoms with van der Waals surface area (Å²) >= 11 is 0. The van der Waals surface area contributed by atoms with Crippen LogP contribution in [0.15, 0.2) is 146 Å². The summed E-state index contributed by atoms with van der Waals surface area (Å²) in [5.74, 6) is 0. The van der Waals surface area contributed by atoms with Gasteiger partial charge in [0.15, 0.2) is 0 Å². The van der Waals surface area contributed by atoms with Gasteiger partial charge in [0.05, 0.1) is 34.9 Å². The molecule has 12 rings (SSSR count). The van der Waals surface area contributed by atoms with Crippen LogP contribution in [0.25, 0.3) is 121 Å². The highest BCUT2D eigenvalue weighted by Crippen LogP contribution is 2.54. The van der Waals surface area contributed by atoms with E-state index in [9.17, 15) is 15.8 Å². The average molecular weight is 718 g/mol. The lowest BCUT2D eigenvalue weighted by atomic mass is 9.83. The maximum absolute atomic E-state index is 10.5. The second-order valence-corrected chi connectivity index (χ2v) is 15.4. The van der Waals surface area contributed by atoms with Crippen molar-refractivity contribution in [2.45, 2.75) is 6.92 Å². The van der Waals surface area contributed by atoms with Crippen molar-refractivity contribution in [3.05, 3.63) is 168 Å². The van der Waals surface area contributed by atoms with Crippen LogP contribution in [0.1, 0.15) is 22.3 Å². The summed E-state index contributed by atoms with van der Waals surface area (Å²) in [7, 11) is 0. The van der Waals surface area contributed by atoms with Gasteiger partial charge in [0.2, 0.25) is 0 Å². The summed E-state index contributed by atoms with van der Waals surface area (Å²) in [6.07, 6.45) is 0. The van der Waals surface area contributed by atoms with Gasteiger partial charge in [0.25, 0.3) is 0 Å². The van der Waals surface area contributed by atoms with E-state index in [2.05, 4.69) is 140 Å². The largest absolute Gasteiger partial charge is 0.192 e. The van der Waals surface area contributed by atoms with Crippen LogP contribution < -0.4 is 0 Å². The van der Waals surface area contributed by atoms with Crippen molar-refractivity contribution in [1.82, 2.24) is 0 Å². The van der Waals surface area contributed by atoms with Crippen LogP contribution in [0.5, 0.6) is 0 Å². The fraction of sp³-hybridized carbons (Fsp3) is 0.0185. The zero-order valence-corrected chi connectivity index (χ0v) is 30.7. The zero-order valence-electron chi connectivity index (χ0n) is 30.7. The lowest BCUT2D eigenvalue weighted by Gasteiger charge is -2.20.